The average Bonchev–Trinajstić information content (AvgIpc) is 2.49. The lowest BCUT2D eigenvalue weighted by atomic mass is 9.76. The molecule has 4 rings (SSSR count). The molecule has 0 saturated heterocycles. The Balaban J connectivity index is 1.89. The summed E-state index contributed by atoms with van der Waals surface area (Å²) < 4.78 is 0. The summed E-state index contributed by atoms with van der Waals surface area (Å²) >= 11 is 0. The Morgan fingerprint density at radius 1 is 1.00 bits per heavy atom. The third-order valence-corrected chi connectivity index (χ3v) is 4.91. The molecule has 2 unspecified atom stereocenters. The molecule has 0 aliphatic carbocycles. The first-order valence-electron chi connectivity index (χ1n) is 7.76. The van der Waals surface area contributed by atoms with Gasteiger partial charge in [-0.25, -0.2) is 0 Å². The van der Waals surface area contributed by atoms with Crippen LogP contribution in [0.4, 0.5) is 5.69 Å². The summed E-state index contributed by atoms with van der Waals surface area (Å²) in [6, 6.07) is 18.0. The van der Waals surface area contributed by atoms with Crippen molar-refractivity contribution in [2.45, 2.75) is 25.7 Å². The molecule has 2 atom stereocenters. The zero-order chi connectivity index (χ0) is 13.5. The van der Waals surface area contributed by atoms with E-state index in [1.807, 2.05) is 0 Å². The summed E-state index contributed by atoms with van der Waals surface area (Å²) in [5.74, 6) is 1.23. The van der Waals surface area contributed by atoms with Crippen LogP contribution in [0.3, 0.4) is 0 Å². The van der Waals surface area contributed by atoms with Crippen molar-refractivity contribution in [3.05, 3.63) is 65.2 Å². The van der Waals surface area contributed by atoms with Crippen LogP contribution < -0.4 is 4.90 Å². The highest BCUT2D eigenvalue weighted by Gasteiger charge is 2.34. The van der Waals surface area contributed by atoms with Crippen molar-refractivity contribution in [2.75, 3.05) is 18.0 Å². The number of benzene rings is 2. The van der Waals surface area contributed by atoms with Crippen molar-refractivity contribution in [1.29, 1.82) is 0 Å². The van der Waals surface area contributed by atoms with Crippen LogP contribution in [0.15, 0.2) is 48.5 Å². The smallest absolute Gasteiger partial charge is 0.0437 e. The van der Waals surface area contributed by atoms with Gasteiger partial charge in [0.25, 0.3) is 0 Å². The SMILES string of the molecule is CC1CN2CCCc3cccc(c32)C1c1ccccc1. The zero-order valence-electron chi connectivity index (χ0n) is 12.0. The molecule has 2 aliphatic heterocycles. The second-order valence-corrected chi connectivity index (χ2v) is 6.27. The molecule has 0 aromatic heterocycles. The van der Waals surface area contributed by atoms with Crippen molar-refractivity contribution >= 4 is 5.69 Å². The monoisotopic (exact) mass is 263 g/mol. The number of rotatable bonds is 1. The Morgan fingerprint density at radius 2 is 1.85 bits per heavy atom. The largest absolute Gasteiger partial charge is 0.371 e. The lowest BCUT2D eigenvalue weighted by Gasteiger charge is -2.43. The summed E-state index contributed by atoms with van der Waals surface area (Å²) in [7, 11) is 0. The summed E-state index contributed by atoms with van der Waals surface area (Å²) in [4.78, 5) is 2.62. The normalized spacial score (nSPS) is 24.4. The van der Waals surface area contributed by atoms with Gasteiger partial charge < -0.3 is 4.90 Å². The molecule has 2 aromatic carbocycles. The molecule has 1 nitrogen and oxygen atoms in total. The predicted octanol–water partition coefficient (Wildman–Crippen LogP) is 4.22. The maximum absolute atomic E-state index is 2.62. The Kier molecular flexibility index (Phi) is 2.80. The van der Waals surface area contributed by atoms with E-state index < -0.39 is 0 Å². The Labute approximate surface area is 121 Å². The van der Waals surface area contributed by atoms with Crippen LogP contribution in [-0.2, 0) is 6.42 Å². The van der Waals surface area contributed by atoms with Gasteiger partial charge in [-0.1, -0.05) is 55.5 Å². The van der Waals surface area contributed by atoms with Gasteiger partial charge in [-0.15, -0.1) is 0 Å². The molecule has 0 amide bonds. The van der Waals surface area contributed by atoms with E-state index >= 15 is 0 Å². The van der Waals surface area contributed by atoms with Crippen molar-refractivity contribution in [2.24, 2.45) is 5.92 Å². The Hall–Kier alpha value is -1.76. The van der Waals surface area contributed by atoms with Crippen LogP contribution in [0, 0.1) is 5.92 Å². The highest BCUT2D eigenvalue weighted by atomic mass is 15.1. The lowest BCUT2D eigenvalue weighted by molar-refractivity contribution is 0.465. The second-order valence-electron chi connectivity index (χ2n) is 6.27. The molecule has 2 aliphatic rings. The number of hydrogen-bond acceptors (Lipinski definition) is 1. The van der Waals surface area contributed by atoms with Crippen molar-refractivity contribution in [3.63, 3.8) is 0 Å². The molecule has 20 heavy (non-hydrogen) atoms. The minimum atomic E-state index is 0.556. The first-order valence-corrected chi connectivity index (χ1v) is 7.76. The van der Waals surface area contributed by atoms with Gasteiger partial charge in [0, 0.05) is 24.7 Å². The van der Waals surface area contributed by atoms with Crippen LogP contribution >= 0.6 is 0 Å². The highest BCUT2D eigenvalue weighted by Crippen LogP contribution is 2.45. The van der Waals surface area contributed by atoms with Crippen molar-refractivity contribution in [3.8, 4) is 0 Å². The van der Waals surface area contributed by atoms with Crippen LogP contribution in [0.25, 0.3) is 0 Å². The van der Waals surface area contributed by atoms with Crippen LogP contribution in [0.2, 0.25) is 0 Å². The third-order valence-electron chi connectivity index (χ3n) is 4.91. The number of nitrogens with zero attached hydrogens (tertiary/aromatic N) is 1. The molecule has 0 spiro atoms. The molecular formula is C19H21N. The van der Waals surface area contributed by atoms with Gasteiger partial charge in [-0.05, 0) is 35.4 Å². The molecule has 0 bridgehead atoms. The summed E-state index contributed by atoms with van der Waals surface area (Å²) in [5.41, 5.74) is 6.12. The van der Waals surface area contributed by atoms with E-state index in [9.17, 15) is 0 Å². The van der Waals surface area contributed by atoms with E-state index in [-0.39, 0.29) is 0 Å². The molecule has 0 saturated carbocycles. The van der Waals surface area contributed by atoms with E-state index in [1.165, 1.54) is 31.5 Å². The molecule has 0 radical (unpaired) electrons. The van der Waals surface area contributed by atoms with E-state index in [2.05, 4.69) is 60.4 Å². The van der Waals surface area contributed by atoms with Crippen molar-refractivity contribution < 1.29 is 0 Å². The average molecular weight is 263 g/mol. The first-order chi connectivity index (χ1) is 9.84. The molecule has 0 fully saturated rings. The summed E-state index contributed by atoms with van der Waals surface area (Å²) in [6.45, 7) is 4.83. The first kappa shape index (κ1) is 12.0. The van der Waals surface area contributed by atoms with Crippen LogP contribution in [0.5, 0.6) is 0 Å². The van der Waals surface area contributed by atoms with Gasteiger partial charge in [-0.2, -0.15) is 0 Å². The zero-order valence-corrected chi connectivity index (χ0v) is 12.0. The fraction of sp³-hybridized carbons (Fsp3) is 0.368. The predicted molar refractivity (Wildman–Crippen MR) is 84.4 cm³/mol. The third kappa shape index (κ3) is 1.76. The van der Waals surface area contributed by atoms with Crippen molar-refractivity contribution in [1.82, 2.24) is 0 Å². The molecule has 2 heterocycles. The van der Waals surface area contributed by atoms with Gasteiger partial charge >= 0.3 is 0 Å². The Bertz CT molecular complexity index is 617. The minimum Gasteiger partial charge on any atom is -0.371 e. The summed E-state index contributed by atoms with van der Waals surface area (Å²) in [6.07, 6.45) is 2.55. The fourth-order valence-corrected chi connectivity index (χ4v) is 4.13. The van der Waals surface area contributed by atoms with Gasteiger partial charge in [0.1, 0.15) is 0 Å². The maximum Gasteiger partial charge on any atom is 0.0437 e. The second kappa shape index (κ2) is 4.66. The number of hydrogen-bond donors (Lipinski definition) is 0. The highest BCUT2D eigenvalue weighted by molar-refractivity contribution is 5.66. The standard InChI is InChI=1S/C19H21N/c1-14-13-20-12-6-10-16-9-5-11-17(19(16)20)18(14)15-7-3-2-4-8-15/h2-5,7-9,11,14,18H,6,10,12-13H2,1H3. The minimum absolute atomic E-state index is 0.556. The Morgan fingerprint density at radius 3 is 2.70 bits per heavy atom. The molecule has 0 N–H and O–H groups in total. The molecule has 102 valence electrons. The summed E-state index contributed by atoms with van der Waals surface area (Å²) in [5, 5.41) is 0. The number of aryl methyl sites for hydroxylation is 1. The lowest BCUT2D eigenvalue weighted by Crippen LogP contribution is -2.40. The van der Waals surface area contributed by atoms with E-state index in [0.717, 1.165) is 0 Å². The van der Waals surface area contributed by atoms with Gasteiger partial charge in [0.15, 0.2) is 0 Å². The number of anilines is 1. The van der Waals surface area contributed by atoms with E-state index in [0.29, 0.717) is 11.8 Å². The number of para-hydroxylation sites is 1. The van der Waals surface area contributed by atoms with E-state index in [4.69, 9.17) is 0 Å². The van der Waals surface area contributed by atoms with Gasteiger partial charge in [0.2, 0.25) is 0 Å². The molecular weight excluding hydrogens is 242 g/mol. The van der Waals surface area contributed by atoms with Crippen LogP contribution in [0.1, 0.15) is 36.0 Å². The van der Waals surface area contributed by atoms with Gasteiger partial charge in [-0.3, -0.25) is 0 Å². The molecule has 2 aromatic rings. The van der Waals surface area contributed by atoms with Gasteiger partial charge in [0.05, 0.1) is 0 Å². The topological polar surface area (TPSA) is 3.24 Å². The maximum atomic E-state index is 2.62. The van der Waals surface area contributed by atoms with Crippen LogP contribution in [-0.4, -0.2) is 13.1 Å². The van der Waals surface area contributed by atoms with E-state index in [1.54, 1.807) is 16.8 Å². The quantitative estimate of drug-likeness (QED) is 0.744. The fourth-order valence-electron chi connectivity index (χ4n) is 4.13. The molecule has 1 heteroatoms.